The van der Waals surface area contributed by atoms with Crippen molar-refractivity contribution in [1.29, 1.82) is 0 Å². The standard InChI is InChI=1S/C12H23N3O4S/c1-7(2)10(13)11(17)14-6-9(16)15-8(12(18)19)4-5-20-3/h7-8,10H,4-6,13H2,1-3H3,(H,14,17)(H,15,16)(H,18,19)/t8-,10-/m0/s1. The van der Waals surface area contributed by atoms with Crippen LogP contribution in [0.5, 0.6) is 0 Å². The number of nitrogens with two attached hydrogens (primary N) is 1. The number of hydrogen-bond donors (Lipinski definition) is 4. The molecule has 0 fully saturated rings. The van der Waals surface area contributed by atoms with Gasteiger partial charge in [0.1, 0.15) is 6.04 Å². The summed E-state index contributed by atoms with van der Waals surface area (Å²) in [5.74, 6) is -1.46. The molecule has 5 N–H and O–H groups in total. The molecule has 2 amide bonds. The number of rotatable bonds is 9. The van der Waals surface area contributed by atoms with Crippen LogP contribution in [0, 0.1) is 5.92 Å². The average Bonchev–Trinajstić information content (AvgIpc) is 2.39. The van der Waals surface area contributed by atoms with Crippen LogP contribution in [0.3, 0.4) is 0 Å². The number of carbonyl (C=O) groups is 3. The molecule has 7 nitrogen and oxygen atoms in total. The highest BCUT2D eigenvalue weighted by molar-refractivity contribution is 7.98. The van der Waals surface area contributed by atoms with Crippen molar-refractivity contribution in [3.05, 3.63) is 0 Å². The molecule has 8 heteroatoms. The molecule has 20 heavy (non-hydrogen) atoms. The van der Waals surface area contributed by atoms with Gasteiger partial charge in [-0.05, 0) is 24.3 Å². The van der Waals surface area contributed by atoms with E-state index in [0.717, 1.165) is 0 Å². The lowest BCUT2D eigenvalue weighted by Gasteiger charge is -2.17. The van der Waals surface area contributed by atoms with Crippen molar-refractivity contribution in [3.8, 4) is 0 Å². The van der Waals surface area contributed by atoms with Crippen LogP contribution in [0.1, 0.15) is 20.3 Å². The van der Waals surface area contributed by atoms with Crippen LogP contribution in [0.4, 0.5) is 0 Å². The quantitative estimate of drug-likeness (QED) is 0.452. The summed E-state index contributed by atoms with van der Waals surface area (Å²) < 4.78 is 0. The maximum Gasteiger partial charge on any atom is 0.326 e. The Hall–Kier alpha value is -1.28. The summed E-state index contributed by atoms with van der Waals surface area (Å²) in [5.41, 5.74) is 5.62. The van der Waals surface area contributed by atoms with Gasteiger partial charge >= 0.3 is 5.97 Å². The Bertz CT molecular complexity index is 350. The van der Waals surface area contributed by atoms with Gasteiger partial charge in [0.25, 0.3) is 0 Å². The number of amides is 2. The van der Waals surface area contributed by atoms with Crippen LogP contribution in [0.15, 0.2) is 0 Å². The van der Waals surface area contributed by atoms with E-state index in [0.29, 0.717) is 12.2 Å². The molecule has 0 spiro atoms. The molecule has 0 heterocycles. The van der Waals surface area contributed by atoms with Crippen LogP contribution in [0.25, 0.3) is 0 Å². The number of nitrogens with one attached hydrogen (secondary N) is 2. The molecule has 0 aliphatic rings. The van der Waals surface area contributed by atoms with E-state index in [2.05, 4.69) is 10.6 Å². The molecule has 0 saturated heterocycles. The predicted octanol–water partition coefficient (Wildman–Crippen LogP) is -0.592. The minimum Gasteiger partial charge on any atom is -0.480 e. The van der Waals surface area contributed by atoms with Crippen LogP contribution >= 0.6 is 11.8 Å². The van der Waals surface area contributed by atoms with Crippen molar-refractivity contribution < 1.29 is 19.5 Å². The van der Waals surface area contributed by atoms with E-state index >= 15 is 0 Å². The number of hydrogen-bond acceptors (Lipinski definition) is 5. The highest BCUT2D eigenvalue weighted by atomic mass is 32.2. The lowest BCUT2D eigenvalue weighted by molar-refractivity contribution is -0.141. The van der Waals surface area contributed by atoms with E-state index in [1.165, 1.54) is 11.8 Å². The Morgan fingerprint density at radius 3 is 2.35 bits per heavy atom. The first-order chi connectivity index (χ1) is 9.29. The van der Waals surface area contributed by atoms with E-state index in [9.17, 15) is 14.4 Å². The molecule has 0 radical (unpaired) electrons. The van der Waals surface area contributed by atoms with Gasteiger partial charge in [-0.3, -0.25) is 9.59 Å². The zero-order chi connectivity index (χ0) is 15.7. The fourth-order valence-electron chi connectivity index (χ4n) is 1.33. The highest BCUT2D eigenvalue weighted by Crippen LogP contribution is 2.01. The van der Waals surface area contributed by atoms with Crippen molar-refractivity contribution >= 4 is 29.5 Å². The SMILES string of the molecule is CSCC[C@H](NC(=O)CNC(=O)[C@@H](N)C(C)C)C(=O)O. The summed E-state index contributed by atoms with van der Waals surface area (Å²) in [7, 11) is 0. The van der Waals surface area contributed by atoms with Gasteiger partial charge in [-0.2, -0.15) is 11.8 Å². The molecule has 0 saturated carbocycles. The largest absolute Gasteiger partial charge is 0.480 e. The zero-order valence-corrected chi connectivity index (χ0v) is 12.8. The second kappa shape index (κ2) is 9.60. The fourth-order valence-corrected chi connectivity index (χ4v) is 1.80. The van der Waals surface area contributed by atoms with E-state index in [4.69, 9.17) is 10.8 Å². The minimum absolute atomic E-state index is 0.0357. The number of carbonyl (C=O) groups excluding carboxylic acids is 2. The normalized spacial score (nSPS) is 13.7. The van der Waals surface area contributed by atoms with E-state index in [1.807, 2.05) is 6.26 Å². The molecule has 0 unspecified atom stereocenters. The van der Waals surface area contributed by atoms with Crippen LogP contribution in [0.2, 0.25) is 0 Å². The average molecular weight is 305 g/mol. The third-order valence-electron chi connectivity index (χ3n) is 2.69. The second-order valence-corrected chi connectivity index (χ2v) is 5.71. The van der Waals surface area contributed by atoms with Gasteiger partial charge in [0.2, 0.25) is 11.8 Å². The number of thioether (sulfide) groups is 1. The summed E-state index contributed by atoms with van der Waals surface area (Å²) in [6, 6.07) is -1.62. The Labute approximate surface area is 123 Å². The lowest BCUT2D eigenvalue weighted by Crippen LogP contribution is -2.49. The Kier molecular flexibility index (Phi) is 8.98. The first kappa shape index (κ1) is 18.7. The summed E-state index contributed by atoms with van der Waals surface area (Å²) in [4.78, 5) is 34.1. The number of aliphatic carboxylic acids is 1. The van der Waals surface area contributed by atoms with Gasteiger partial charge in [-0.1, -0.05) is 13.8 Å². The zero-order valence-electron chi connectivity index (χ0n) is 12.0. The van der Waals surface area contributed by atoms with Crippen molar-refractivity contribution in [1.82, 2.24) is 10.6 Å². The van der Waals surface area contributed by atoms with E-state index in [-0.39, 0.29) is 12.5 Å². The van der Waals surface area contributed by atoms with Crippen molar-refractivity contribution in [2.45, 2.75) is 32.4 Å². The summed E-state index contributed by atoms with van der Waals surface area (Å²) in [6.07, 6.45) is 2.19. The molecule has 0 aliphatic heterocycles. The molecule has 2 atom stereocenters. The topological polar surface area (TPSA) is 122 Å². The molecule has 0 aliphatic carbocycles. The van der Waals surface area contributed by atoms with Crippen molar-refractivity contribution in [2.75, 3.05) is 18.6 Å². The third-order valence-corrected chi connectivity index (χ3v) is 3.33. The first-order valence-corrected chi connectivity index (χ1v) is 7.73. The Balaban J connectivity index is 4.20. The van der Waals surface area contributed by atoms with Gasteiger partial charge in [-0.15, -0.1) is 0 Å². The molecule has 0 aromatic heterocycles. The Morgan fingerprint density at radius 1 is 1.30 bits per heavy atom. The monoisotopic (exact) mass is 305 g/mol. The summed E-state index contributed by atoms with van der Waals surface area (Å²) >= 11 is 1.50. The van der Waals surface area contributed by atoms with Crippen LogP contribution in [-0.4, -0.2) is 53.5 Å². The van der Waals surface area contributed by atoms with Gasteiger partial charge < -0.3 is 21.5 Å². The molecular formula is C12H23N3O4S. The van der Waals surface area contributed by atoms with Gasteiger partial charge in [0.05, 0.1) is 12.6 Å². The fraction of sp³-hybridized carbons (Fsp3) is 0.750. The second-order valence-electron chi connectivity index (χ2n) is 4.73. The van der Waals surface area contributed by atoms with Crippen molar-refractivity contribution in [2.24, 2.45) is 11.7 Å². The minimum atomic E-state index is -1.09. The van der Waals surface area contributed by atoms with E-state index in [1.54, 1.807) is 13.8 Å². The first-order valence-electron chi connectivity index (χ1n) is 6.34. The lowest BCUT2D eigenvalue weighted by atomic mass is 10.1. The van der Waals surface area contributed by atoms with Crippen LogP contribution < -0.4 is 16.4 Å². The molecule has 0 aromatic rings. The van der Waals surface area contributed by atoms with Gasteiger partial charge in [0, 0.05) is 0 Å². The molecule has 0 aromatic carbocycles. The molecule has 0 rings (SSSR count). The predicted molar refractivity (Wildman–Crippen MR) is 78.4 cm³/mol. The molecular weight excluding hydrogens is 282 g/mol. The van der Waals surface area contributed by atoms with Crippen LogP contribution in [-0.2, 0) is 14.4 Å². The van der Waals surface area contributed by atoms with Gasteiger partial charge in [-0.25, -0.2) is 4.79 Å². The smallest absolute Gasteiger partial charge is 0.326 e. The summed E-state index contributed by atoms with van der Waals surface area (Å²) in [6.45, 7) is 3.32. The third kappa shape index (κ3) is 7.34. The maximum absolute atomic E-state index is 11.6. The molecule has 0 bridgehead atoms. The number of carboxylic acid groups (broad SMARTS) is 1. The maximum atomic E-state index is 11.6. The van der Waals surface area contributed by atoms with Gasteiger partial charge in [0.15, 0.2) is 0 Å². The summed E-state index contributed by atoms with van der Waals surface area (Å²) in [5, 5.41) is 13.7. The Morgan fingerprint density at radius 2 is 1.90 bits per heavy atom. The van der Waals surface area contributed by atoms with E-state index < -0.39 is 29.9 Å². The van der Waals surface area contributed by atoms with Crippen molar-refractivity contribution in [3.63, 3.8) is 0 Å². The molecule has 116 valence electrons. The number of carboxylic acids is 1. The highest BCUT2D eigenvalue weighted by Gasteiger charge is 2.21.